The number of hydrogen-bond donors (Lipinski definition) is 3. The first-order valence-corrected chi connectivity index (χ1v) is 37.9. The zero-order valence-corrected chi connectivity index (χ0v) is 62.2. The van der Waals surface area contributed by atoms with Crippen molar-refractivity contribution >= 4 is 23.3 Å². The third-order valence-corrected chi connectivity index (χ3v) is 17.5. The van der Waals surface area contributed by atoms with E-state index in [-0.39, 0.29) is 0 Å². The Labute approximate surface area is 554 Å². The molecular weight excluding hydrogens is 1070 g/mol. The molecule has 0 bridgehead atoms. The van der Waals surface area contributed by atoms with Crippen LogP contribution in [0, 0.1) is 50.1 Å². The van der Waals surface area contributed by atoms with Crippen LogP contribution in [0.2, 0.25) is 0 Å². The molecule has 6 nitrogen and oxygen atoms in total. The van der Waals surface area contributed by atoms with Crippen LogP contribution in [0.3, 0.4) is 0 Å². The molecule has 0 saturated carbocycles. The molecule has 0 fully saturated rings. The van der Waals surface area contributed by atoms with Crippen molar-refractivity contribution in [3.63, 3.8) is 0 Å². The van der Waals surface area contributed by atoms with Gasteiger partial charge in [-0.25, -0.2) is 4.98 Å². The van der Waals surface area contributed by atoms with Gasteiger partial charge in [-0.15, -0.1) is 19.4 Å². The van der Waals surface area contributed by atoms with E-state index in [1.165, 1.54) is 307 Å². The highest BCUT2D eigenvalue weighted by atomic mass is 16.2. The van der Waals surface area contributed by atoms with Gasteiger partial charge < -0.3 is 20.6 Å². The average Bonchev–Trinajstić information content (AvgIpc) is 3.57. The zero-order chi connectivity index (χ0) is 66.9. The van der Waals surface area contributed by atoms with Crippen LogP contribution in [0.25, 0.3) is 6.08 Å². The Morgan fingerprint density at radius 3 is 1.38 bits per heavy atom. The minimum absolute atomic E-state index is 0.868. The maximum Gasteiger partial charge on any atom is 0.152 e. The molecule has 3 N–H and O–H groups in total. The van der Waals surface area contributed by atoms with Crippen molar-refractivity contribution in [1.29, 1.82) is 0 Å². The van der Waals surface area contributed by atoms with Crippen molar-refractivity contribution in [2.45, 2.75) is 372 Å². The standard InChI is InChI=1S/C32H67N.C27H53N.C17H27N3.C2H2O.C2H6.C2H2/c1-5-9-19-25-31(7-3)27-21-15-11-13-17-23-29-33-30-24-18-14-12-16-22-28-32(8-4)26-20-10-6-2;1-6-9-11-15-19-23-28(5)24-20-16-13-12-14-18-21-26(4)25-27(8-3)22-17-10-7-2;1-7-10-12(4)19-16-13(5)14(9-3)15(11-8-2)20-17(16)18-6;1-2-3;2*1-2/h31-33H,5-30H2,1-4H3;6,27H,1,4,7-25H2,2-3,5H3;9H,3,7-8,10-11H2,1-2,4-6H3,(H,18,20);1,3H;1-2H3;1-2H. The van der Waals surface area contributed by atoms with Gasteiger partial charge in [0.05, 0.1) is 5.69 Å². The van der Waals surface area contributed by atoms with E-state index in [0.717, 1.165) is 71.9 Å². The van der Waals surface area contributed by atoms with E-state index in [1.54, 1.807) is 0 Å². The average molecular weight is 1230 g/mol. The van der Waals surface area contributed by atoms with Gasteiger partial charge in [-0.3, -0.25) is 4.99 Å². The van der Waals surface area contributed by atoms with Crippen molar-refractivity contribution in [1.82, 2.24) is 15.2 Å². The fourth-order valence-electron chi connectivity index (χ4n) is 11.8. The molecule has 0 spiro atoms. The largest absolute Gasteiger partial charge is 0.462 e. The van der Waals surface area contributed by atoms with Gasteiger partial charge in [0, 0.05) is 18.3 Å². The zero-order valence-electron chi connectivity index (χ0n) is 62.2. The van der Waals surface area contributed by atoms with Gasteiger partial charge in [0.25, 0.3) is 0 Å². The number of aliphatic hydroxyl groups excluding tert-OH is 1. The van der Waals surface area contributed by atoms with Crippen molar-refractivity contribution < 1.29 is 5.11 Å². The molecular formula is C82H157N5O. The Balaban J connectivity index is -0.000000380. The van der Waals surface area contributed by atoms with Gasteiger partial charge in [0.1, 0.15) is 11.8 Å². The molecule has 1 rings (SSSR count). The van der Waals surface area contributed by atoms with E-state index < -0.39 is 0 Å². The van der Waals surface area contributed by atoms with E-state index in [4.69, 9.17) is 15.1 Å². The van der Waals surface area contributed by atoms with Crippen molar-refractivity contribution in [2.24, 2.45) is 22.7 Å². The SMILES string of the molecule is C#C.C#CO.C=CCCCCCN(C)CCCCCCCCC(=C)CC(CC)CCCCC.C=Cc1c(CCC)nc(NC)c(N=C(C)CCC)c1C.CC.CCCCCC(CC)CCCCCCCCNCCCCCCCCC(CC)CCCCC. The Bertz CT molecular complexity index is 1660. The number of aryl methyl sites for hydroxylation is 1. The van der Waals surface area contributed by atoms with Crippen LogP contribution < -0.4 is 10.6 Å². The van der Waals surface area contributed by atoms with Gasteiger partial charge >= 0.3 is 0 Å². The Kier molecular flexibility index (Phi) is 82.7. The van der Waals surface area contributed by atoms with Crippen LogP contribution >= 0.6 is 0 Å². The molecule has 1 aromatic rings. The predicted octanol–water partition coefficient (Wildman–Crippen LogP) is 26.3. The molecule has 88 heavy (non-hydrogen) atoms. The van der Waals surface area contributed by atoms with E-state index in [1.807, 2.05) is 33.0 Å². The van der Waals surface area contributed by atoms with E-state index in [9.17, 15) is 0 Å². The summed E-state index contributed by atoms with van der Waals surface area (Å²) in [6, 6.07) is 0. The first kappa shape index (κ1) is 93.4. The summed E-state index contributed by atoms with van der Waals surface area (Å²) in [4.78, 5) is 12.0. The van der Waals surface area contributed by atoms with Crippen LogP contribution in [-0.2, 0) is 6.42 Å². The summed E-state index contributed by atoms with van der Waals surface area (Å²) in [5.41, 5.74) is 7.02. The van der Waals surface area contributed by atoms with Crippen molar-refractivity contribution in [3.8, 4) is 25.4 Å². The maximum absolute atomic E-state index is 7.10. The number of anilines is 1. The first-order chi connectivity index (χ1) is 42.9. The van der Waals surface area contributed by atoms with Crippen molar-refractivity contribution in [3.05, 3.63) is 48.2 Å². The third-order valence-electron chi connectivity index (χ3n) is 17.5. The molecule has 0 saturated heterocycles. The topological polar surface area (TPSA) is 72.8 Å². The number of terminal acetylenes is 2. The lowest BCUT2D eigenvalue weighted by molar-refractivity contribution is 0.315. The van der Waals surface area contributed by atoms with Gasteiger partial charge in [0.2, 0.25) is 0 Å². The summed E-state index contributed by atoms with van der Waals surface area (Å²) >= 11 is 0. The highest BCUT2D eigenvalue weighted by Gasteiger charge is 2.15. The number of aliphatic imine (C=N–C) groups is 1. The molecule has 3 atom stereocenters. The van der Waals surface area contributed by atoms with Crippen LogP contribution in [-0.4, -0.2) is 61.0 Å². The van der Waals surface area contributed by atoms with Crippen LogP contribution in [0.1, 0.15) is 375 Å². The quantitative estimate of drug-likeness (QED) is 0.0262. The van der Waals surface area contributed by atoms with Crippen LogP contribution in [0.15, 0.2) is 36.4 Å². The lowest BCUT2D eigenvalue weighted by atomic mass is 9.90. The molecule has 3 unspecified atom stereocenters. The summed E-state index contributed by atoms with van der Waals surface area (Å²) in [6.07, 6.45) is 79.0. The van der Waals surface area contributed by atoms with Gasteiger partial charge in [0.15, 0.2) is 5.82 Å². The van der Waals surface area contributed by atoms with Crippen molar-refractivity contribution in [2.75, 3.05) is 45.6 Å². The number of aromatic nitrogens is 1. The van der Waals surface area contributed by atoms with Gasteiger partial charge in [-0.1, -0.05) is 325 Å². The highest BCUT2D eigenvalue weighted by molar-refractivity contribution is 5.87. The molecule has 0 amide bonds. The summed E-state index contributed by atoms with van der Waals surface area (Å²) in [6.45, 7) is 43.7. The Morgan fingerprint density at radius 1 is 0.580 bits per heavy atom. The van der Waals surface area contributed by atoms with Crippen LogP contribution in [0.4, 0.5) is 11.5 Å². The molecule has 6 heteroatoms. The van der Waals surface area contributed by atoms with E-state index in [2.05, 4.69) is 131 Å². The lowest BCUT2D eigenvalue weighted by Gasteiger charge is -2.16. The second-order valence-electron chi connectivity index (χ2n) is 25.4. The second kappa shape index (κ2) is 77.9. The molecule has 0 aliphatic rings. The molecule has 516 valence electrons. The number of nitrogens with one attached hydrogen (secondary N) is 2. The Hall–Kier alpha value is -3.32. The number of pyridine rings is 1. The first-order valence-electron chi connectivity index (χ1n) is 37.9. The number of hydrogen-bond acceptors (Lipinski definition) is 6. The second-order valence-corrected chi connectivity index (χ2v) is 25.4. The fourth-order valence-corrected chi connectivity index (χ4v) is 11.8. The maximum atomic E-state index is 7.10. The number of allylic oxidation sites excluding steroid dienone is 2. The summed E-state index contributed by atoms with van der Waals surface area (Å²) in [5.74, 6) is 3.77. The van der Waals surface area contributed by atoms with Crippen LogP contribution in [0.5, 0.6) is 0 Å². The summed E-state index contributed by atoms with van der Waals surface area (Å²) in [7, 11) is 4.18. The predicted molar refractivity (Wildman–Crippen MR) is 406 cm³/mol. The number of nitrogens with zero attached hydrogens (tertiary/aromatic N) is 3. The number of rotatable bonds is 57. The minimum Gasteiger partial charge on any atom is -0.462 e. The molecule has 1 aromatic heterocycles. The van der Waals surface area contributed by atoms with E-state index in [0.29, 0.717) is 0 Å². The lowest BCUT2D eigenvalue weighted by Crippen LogP contribution is -2.20. The monoisotopic (exact) mass is 1230 g/mol. The smallest absolute Gasteiger partial charge is 0.152 e. The molecule has 0 aromatic carbocycles. The van der Waals surface area contributed by atoms with Gasteiger partial charge in [-0.05, 0) is 141 Å². The third kappa shape index (κ3) is 62.9. The molecule has 0 radical (unpaired) electrons. The fraction of sp³-hybridized carbons (Fsp3) is 0.805. The highest BCUT2D eigenvalue weighted by Crippen LogP contribution is 2.33. The minimum atomic E-state index is 0.868. The Morgan fingerprint density at radius 2 is 0.977 bits per heavy atom. The number of aliphatic hydroxyl groups is 1. The molecule has 0 aliphatic heterocycles. The van der Waals surface area contributed by atoms with E-state index >= 15 is 0 Å². The summed E-state index contributed by atoms with van der Waals surface area (Å²) in [5, 5.41) is 14.0. The number of unbranched alkanes of at least 4 members (excludes halogenated alkanes) is 24. The molecule has 0 aliphatic carbocycles. The normalized spacial score (nSPS) is 11.8. The summed E-state index contributed by atoms with van der Waals surface area (Å²) < 4.78 is 0. The van der Waals surface area contributed by atoms with Gasteiger partial charge in [-0.2, -0.15) is 0 Å². The molecule has 1 heterocycles.